The number of aromatic nitrogens is 1. The first-order valence-electron chi connectivity index (χ1n) is 13.0. The Morgan fingerprint density at radius 1 is 0.486 bits per heavy atom. The maximum absolute atomic E-state index is 5.06. The molecule has 7 aromatic rings. The Kier molecular flexibility index (Phi) is 4.06. The Morgan fingerprint density at radius 3 is 1.97 bits per heavy atom. The van der Waals surface area contributed by atoms with Crippen LogP contribution in [0.25, 0.3) is 65.5 Å². The van der Waals surface area contributed by atoms with Crippen molar-refractivity contribution >= 4 is 43.1 Å². The van der Waals surface area contributed by atoms with Crippen LogP contribution < -0.4 is 0 Å². The Balaban J connectivity index is 1.44. The molecule has 0 saturated heterocycles. The fraction of sp³-hybridized carbons (Fsp3) is 0.0833. The summed E-state index contributed by atoms with van der Waals surface area (Å²) in [4.78, 5) is 5.06. The van der Waals surface area contributed by atoms with Crippen LogP contribution in [0.2, 0.25) is 0 Å². The summed E-state index contributed by atoms with van der Waals surface area (Å²) >= 11 is 0. The highest BCUT2D eigenvalue weighted by Gasteiger charge is 2.39. The standard InChI is InChI=1S/C36H25N/c1-36(2)32-19-15-23-9-4-6-11-25(23)33(32)31-20-21-37-35(34(31)36)30-13-7-12-26-28-16-14-22-8-3-5-10-24(22)27(28)17-18-29(26)30/h3-21H,1-2H3. The molecule has 0 atom stereocenters. The van der Waals surface area contributed by atoms with E-state index in [1.165, 1.54) is 70.9 Å². The van der Waals surface area contributed by atoms with E-state index in [1.54, 1.807) is 0 Å². The first-order valence-corrected chi connectivity index (χ1v) is 13.0. The molecule has 0 saturated carbocycles. The monoisotopic (exact) mass is 471 g/mol. The second-order valence-electron chi connectivity index (χ2n) is 10.8. The SMILES string of the molecule is CC1(C)c2ccc3ccccc3c2-c2ccnc(-c3cccc4c3ccc3c5ccccc5ccc43)c21. The lowest BCUT2D eigenvalue weighted by Crippen LogP contribution is -2.17. The number of benzene rings is 6. The van der Waals surface area contributed by atoms with Crippen LogP contribution in [0.15, 0.2) is 115 Å². The highest BCUT2D eigenvalue weighted by atomic mass is 14.7. The summed E-state index contributed by atoms with van der Waals surface area (Å²) < 4.78 is 0. The molecule has 0 spiro atoms. The largest absolute Gasteiger partial charge is 0.256 e. The summed E-state index contributed by atoms with van der Waals surface area (Å²) in [5, 5.41) is 10.3. The zero-order valence-corrected chi connectivity index (χ0v) is 20.9. The van der Waals surface area contributed by atoms with E-state index >= 15 is 0 Å². The molecule has 6 aromatic carbocycles. The van der Waals surface area contributed by atoms with Gasteiger partial charge in [-0.05, 0) is 71.4 Å². The molecule has 174 valence electrons. The van der Waals surface area contributed by atoms with E-state index in [4.69, 9.17) is 4.98 Å². The molecule has 1 heterocycles. The minimum atomic E-state index is -0.145. The van der Waals surface area contributed by atoms with E-state index in [2.05, 4.69) is 123 Å². The lowest BCUT2D eigenvalue weighted by molar-refractivity contribution is 0.660. The average molecular weight is 472 g/mol. The van der Waals surface area contributed by atoms with Crippen molar-refractivity contribution in [2.24, 2.45) is 0 Å². The molecule has 0 aliphatic heterocycles. The lowest BCUT2D eigenvalue weighted by Gasteiger charge is -2.24. The van der Waals surface area contributed by atoms with Crippen LogP contribution in [-0.4, -0.2) is 4.98 Å². The molecule has 0 amide bonds. The van der Waals surface area contributed by atoms with Crippen LogP contribution >= 0.6 is 0 Å². The molecule has 1 nitrogen and oxygen atoms in total. The van der Waals surface area contributed by atoms with Crippen molar-refractivity contribution in [2.45, 2.75) is 19.3 Å². The minimum Gasteiger partial charge on any atom is -0.256 e. The van der Waals surface area contributed by atoms with Gasteiger partial charge < -0.3 is 0 Å². The molecule has 0 radical (unpaired) electrons. The van der Waals surface area contributed by atoms with Gasteiger partial charge in [0.1, 0.15) is 0 Å². The third kappa shape index (κ3) is 2.72. The average Bonchev–Trinajstić information content (AvgIpc) is 3.19. The zero-order chi connectivity index (χ0) is 24.7. The van der Waals surface area contributed by atoms with E-state index in [-0.39, 0.29) is 5.41 Å². The Labute approximate surface area is 216 Å². The predicted octanol–water partition coefficient (Wildman–Crippen LogP) is 9.67. The van der Waals surface area contributed by atoms with Crippen molar-refractivity contribution in [3.05, 3.63) is 127 Å². The molecule has 0 unspecified atom stereocenters. The molecule has 1 heteroatoms. The summed E-state index contributed by atoms with van der Waals surface area (Å²) in [6, 6.07) is 40.0. The van der Waals surface area contributed by atoms with Crippen LogP contribution in [0, 0.1) is 0 Å². The number of hydrogen-bond donors (Lipinski definition) is 0. The number of fused-ring (bicyclic) bond motifs is 10. The zero-order valence-electron chi connectivity index (χ0n) is 20.9. The van der Waals surface area contributed by atoms with Gasteiger partial charge in [-0.3, -0.25) is 4.98 Å². The summed E-state index contributed by atoms with van der Waals surface area (Å²) in [6.45, 7) is 4.70. The third-order valence-electron chi connectivity index (χ3n) is 8.49. The first-order chi connectivity index (χ1) is 18.1. The molecule has 0 bridgehead atoms. The molecule has 1 aliphatic carbocycles. The van der Waals surface area contributed by atoms with Gasteiger partial charge in [-0.25, -0.2) is 0 Å². The predicted molar refractivity (Wildman–Crippen MR) is 157 cm³/mol. The molecular formula is C36H25N. The van der Waals surface area contributed by atoms with E-state index < -0.39 is 0 Å². The van der Waals surface area contributed by atoms with Crippen molar-refractivity contribution in [3.8, 4) is 22.4 Å². The van der Waals surface area contributed by atoms with Gasteiger partial charge in [-0.15, -0.1) is 0 Å². The van der Waals surface area contributed by atoms with Crippen molar-refractivity contribution < 1.29 is 0 Å². The van der Waals surface area contributed by atoms with Crippen molar-refractivity contribution in [3.63, 3.8) is 0 Å². The van der Waals surface area contributed by atoms with Gasteiger partial charge in [0.2, 0.25) is 0 Å². The van der Waals surface area contributed by atoms with Crippen LogP contribution in [0.5, 0.6) is 0 Å². The van der Waals surface area contributed by atoms with Crippen molar-refractivity contribution in [1.29, 1.82) is 0 Å². The quantitative estimate of drug-likeness (QED) is 0.217. The second-order valence-corrected chi connectivity index (χ2v) is 10.8. The summed E-state index contributed by atoms with van der Waals surface area (Å²) in [6.07, 6.45) is 1.99. The van der Waals surface area contributed by atoms with Gasteiger partial charge in [0.25, 0.3) is 0 Å². The van der Waals surface area contributed by atoms with Crippen molar-refractivity contribution in [1.82, 2.24) is 4.98 Å². The highest BCUT2D eigenvalue weighted by Crippen LogP contribution is 2.54. The van der Waals surface area contributed by atoms with Crippen LogP contribution in [0.3, 0.4) is 0 Å². The number of nitrogens with zero attached hydrogens (tertiary/aromatic N) is 1. The van der Waals surface area contributed by atoms with Gasteiger partial charge in [-0.2, -0.15) is 0 Å². The van der Waals surface area contributed by atoms with Gasteiger partial charge in [0.05, 0.1) is 5.69 Å². The molecule has 0 fully saturated rings. The topological polar surface area (TPSA) is 12.9 Å². The van der Waals surface area contributed by atoms with E-state index in [1.807, 2.05) is 6.20 Å². The molecule has 0 N–H and O–H groups in total. The number of hydrogen-bond acceptors (Lipinski definition) is 1. The molecule has 8 rings (SSSR count). The van der Waals surface area contributed by atoms with E-state index in [0.717, 1.165) is 5.69 Å². The van der Waals surface area contributed by atoms with Gasteiger partial charge in [0.15, 0.2) is 0 Å². The molecule has 1 aromatic heterocycles. The van der Waals surface area contributed by atoms with Crippen LogP contribution in [0.1, 0.15) is 25.0 Å². The maximum Gasteiger partial charge on any atom is 0.0755 e. The highest BCUT2D eigenvalue weighted by molar-refractivity contribution is 6.19. The smallest absolute Gasteiger partial charge is 0.0755 e. The molecule has 37 heavy (non-hydrogen) atoms. The third-order valence-corrected chi connectivity index (χ3v) is 8.49. The maximum atomic E-state index is 5.06. The fourth-order valence-corrected chi connectivity index (χ4v) is 6.79. The minimum absolute atomic E-state index is 0.145. The molecule has 1 aliphatic rings. The summed E-state index contributed by atoms with van der Waals surface area (Å²) in [5.41, 5.74) is 7.53. The second kappa shape index (κ2) is 7.27. The van der Waals surface area contributed by atoms with Crippen LogP contribution in [-0.2, 0) is 5.41 Å². The summed E-state index contributed by atoms with van der Waals surface area (Å²) in [5.74, 6) is 0. The van der Waals surface area contributed by atoms with E-state index in [0.29, 0.717) is 0 Å². The van der Waals surface area contributed by atoms with Crippen molar-refractivity contribution in [2.75, 3.05) is 0 Å². The lowest BCUT2D eigenvalue weighted by atomic mass is 9.79. The van der Waals surface area contributed by atoms with Gasteiger partial charge in [-0.1, -0.05) is 117 Å². The normalized spacial score (nSPS) is 13.9. The fourth-order valence-electron chi connectivity index (χ4n) is 6.79. The Morgan fingerprint density at radius 2 is 1.11 bits per heavy atom. The van der Waals surface area contributed by atoms with Crippen LogP contribution in [0.4, 0.5) is 0 Å². The Bertz CT molecular complexity index is 2060. The Hall–Kier alpha value is -4.49. The first kappa shape index (κ1) is 20.7. The summed E-state index contributed by atoms with van der Waals surface area (Å²) in [7, 11) is 0. The van der Waals surface area contributed by atoms with E-state index in [9.17, 15) is 0 Å². The van der Waals surface area contributed by atoms with Gasteiger partial charge in [0, 0.05) is 17.2 Å². The molecular weight excluding hydrogens is 446 g/mol. The number of rotatable bonds is 1. The van der Waals surface area contributed by atoms with Gasteiger partial charge >= 0.3 is 0 Å². The number of pyridine rings is 1.